The molecule has 1 N–H and O–H groups in total. The average Bonchev–Trinajstić information content (AvgIpc) is 3.36. The van der Waals surface area contributed by atoms with Crippen LogP contribution in [0.15, 0.2) is 64.4 Å². The highest BCUT2D eigenvalue weighted by Gasteiger charge is 2.30. The number of fused-ring (bicyclic) bond motifs is 1. The second-order valence-electron chi connectivity index (χ2n) is 7.41. The van der Waals surface area contributed by atoms with Crippen LogP contribution in [0.1, 0.15) is 37.6 Å². The molecule has 1 amide bonds. The van der Waals surface area contributed by atoms with Crippen molar-refractivity contribution in [2.45, 2.75) is 37.0 Å². The molecule has 1 fully saturated rings. The fourth-order valence-electron chi connectivity index (χ4n) is 3.44. The lowest BCUT2D eigenvalue weighted by Crippen LogP contribution is -2.28. The third-order valence-electron chi connectivity index (χ3n) is 5.10. The predicted octanol–water partition coefficient (Wildman–Crippen LogP) is 4.39. The summed E-state index contributed by atoms with van der Waals surface area (Å²) < 4.78 is 8.00. The number of carbonyl (C=O) groups excluding carboxylic acids is 1. The SMILES string of the molecule is C[C@H](NC(=O)CSc1nnc(-c2ccncc2)n1C1CC1)c1cc2ccccc2o1. The van der Waals surface area contributed by atoms with Crippen LogP contribution in [-0.4, -0.2) is 31.4 Å². The molecule has 7 nitrogen and oxygen atoms in total. The van der Waals surface area contributed by atoms with Crippen molar-refractivity contribution in [3.05, 3.63) is 60.6 Å². The Morgan fingerprint density at radius 2 is 2.03 bits per heavy atom. The van der Waals surface area contributed by atoms with Crippen LogP contribution in [-0.2, 0) is 4.79 Å². The van der Waals surface area contributed by atoms with Crippen molar-refractivity contribution in [1.29, 1.82) is 0 Å². The van der Waals surface area contributed by atoms with Crippen molar-refractivity contribution in [3.8, 4) is 11.4 Å². The first-order valence-electron chi connectivity index (χ1n) is 9.95. The largest absolute Gasteiger partial charge is 0.459 e. The fraction of sp³-hybridized carbons (Fsp3) is 0.273. The third kappa shape index (κ3) is 3.82. The van der Waals surface area contributed by atoms with E-state index in [1.165, 1.54) is 11.8 Å². The van der Waals surface area contributed by atoms with Crippen molar-refractivity contribution in [3.63, 3.8) is 0 Å². The molecule has 1 aliphatic rings. The fourth-order valence-corrected chi connectivity index (χ4v) is 4.25. The molecule has 3 aromatic heterocycles. The molecular formula is C22H21N5O2S. The van der Waals surface area contributed by atoms with Gasteiger partial charge in [-0.3, -0.25) is 14.3 Å². The number of pyridine rings is 1. The molecule has 1 aliphatic carbocycles. The van der Waals surface area contributed by atoms with Crippen molar-refractivity contribution >= 4 is 28.6 Å². The number of carbonyl (C=O) groups is 1. The van der Waals surface area contributed by atoms with Gasteiger partial charge in [0.05, 0.1) is 11.8 Å². The molecule has 5 rings (SSSR count). The molecule has 1 saturated carbocycles. The second-order valence-corrected chi connectivity index (χ2v) is 8.35. The van der Waals surface area contributed by atoms with Gasteiger partial charge >= 0.3 is 0 Å². The number of furan rings is 1. The molecule has 0 aliphatic heterocycles. The zero-order valence-electron chi connectivity index (χ0n) is 16.5. The van der Waals surface area contributed by atoms with E-state index in [4.69, 9.17) is 4.42 Å². The molecule has 4 aromatic rings. The van der Waals surface area contributed by atoms with Gasteiger partial charge in [0, 0.05) is 29.4 Å². The zero-order valence-corrected chi connectivity index (χ0v) is 17.3. The van der Waals surface area contributed by atoms with Gasteiger partial charge in [0.25, 0.3) is 0 Å². The minimum Gasteiger partial charge on any atom is -0.459 e. The summed E-state index contributed by atoms with van der Waals surface area (Å²) in [6.45, 7) is 1.93. The van der Waals surface area contributed by atoms with Gasteiger partial charge in [-0.05, 0) is 44.0 Å². The van der Waals surface area contributed by atoms with Crippen molar-refractivity contribution in [2.75, 3.05) is 5.75 Å². The number of thioether (sulfide) groups is 1. The number of hydrogen-bond donors (Lipinski definition) is 1. The van der Waals surface area contributed by atoms with Crippen LogP contribution >= 0.6 is 11.8 Å². The van der Waals surface area contributed by atoms with E-state index in [1.54, 1.807) is 12.4 Å². The zero-order chi connectivity index (χ0) is 20.5. The number of hydrogen-bond acceptors (Lipinski definition) is 6. The van der Waals surface area contributed by atoms with E-state index in [-0.39, 0.29) is 17.7 Å². The van der Waals surface area contributed by atoms with Crippen LogP contribution < -0.4 is 5.32 Å². The van der Waals surface area contributed by atoms with Gasteiger partial charge in [-0.2, -0.15) is 0 Å². The van der Waals surface area contributed by atoms with E-state index in [9.17, 15) is 4.79 Å². The smallest absolute Gasteiger partial charge is 0.231 e. The van der Waals surface area contributed by atoms with Gasteiger partial charge < -0.3 is 9.73 Å². The summed E-state index contributed by atoms with van der Waals surface area (Å²) in [5.41, 5.74) is 1.81. The first-order chi connectivity index (χ1) is 14.7. The molecule has 0 spiro atoms. The molecule has 3 heterocycles. The molecule has 0 radical (unpaired) electrons. The van der Waals surface area contributed by atoms with Gasteiger partial charge in [0.15, 0.2) is 11.0 Å². The van der Waals surface area contributed by atoms with Crippen molar-refractivity contribution in [2.24, 2.45) is 0 Å². The van der Waals surface area contributed by atoms with E-state index in [0.29, 0.717) is 6.04 Å². The second kappa shape index (κ2) is 7.95. The van der Waals surface area contributed by atoms with Gasteiger partial charge in [-0.25, -0.2) is 0 Å². The standard InChI is InChI=1S/C22H21N5O2S/c1-14(19-12-16-4-2-3-5-18(16)29-19)24-20(28)13-30-22-26-25-21(27(22)17-6-7-17)15-8-10-23-11-9-15/h2-5,8-12,14,17H,6-7,13H2,1H3,(H,24,28)/t14-/m0/s1. The highest BCUT2D eigenvalue weighted by molar-refractivity contribution is 7.99. The molecule has 0 unspecified atom stereocenters. The Bertz CT molecular complexity index is 1150. The maximum absolute atomic E-state index is 12.5. The Balaban J connectivity index is 1.26. The van der Waals surface area contributed by atoms with E-state index in [1.807, 2.05) is 49.4 Å². The molecule has 1 aromatic carbocycles. The lowest BCUT2D eigenvalue weighted by Gasteiger charge is -2.12. The van der Waals surface area contributed by atoms with E-state index in [0.717, 1.165) is 46.1 Å². The number of aromatic nitrogens is 4. The Morgan fingerprint density at radius 1 is 1.23 bits per heavy atom. The summed E-state index contributed by atoms with van der Waals surface area (Å²) in [6.07, 6.45) is 5.72. The molecule has 0 bridgehead atoms. The maximum Gasteiger partial charge on any atom is 0.231 e. The van der Waals surface area contributed by atoms with Crippen LogP contribution in [0.4, 0.5) is 0 Å². The lowest BCUT2D eigenvalue weighted by molar-refractivity contribution is -0.119. The Kier molecular flexibility index (Phi) is 5.00. The van der Waals surface area contributed by atoms with Gasteiger partial charge in [-0.1, -0.05) is 30.0 Å². The maximum atomic E-state index is 12.5. The number of para-hydroxylation sites is 1. The average molecular weight is 420 g/mol. The highest BCUT2D eigenvalue weighted by atomic mass is 32.2. The van der Waals surface area contributed by atoms with E-state index < -0.39 is 0 Å². The summed E-state index contributed by atoms with van der Waals surface area (Å²) in [5.74, 6) is 1.78. The number of rotatable bonds is 7. The number of benzene rings is 1. The molecule has 0 saturated heterocycles. The number of nitrogens with zero attached hydrogens (tertiary/aromatic N) is 4. The third-order valence-corrected chi connectivity index (χ3v) is 6.04. The van der Waals surface area contributed by atoms with E-state index in [2.05, 4.69) is 25.1 Å². The molecule has 152 valence electrons. The van der Waals surface area contributed by atoms with Crippen LogP contribution in [0.2, 0.25) is 0 Å². The number of amides is 1. The summed E-state index contributed by atoms with van der Waals surface area (Å²) in [4.78, 5) is 16.6. The summed E-state index contributed by atoms with van der Waals surface area (Å²) in [5, 5.41) is 13.5. The topological polar surface area (TPSA) is 85.8 Å². The summed E-state index contributed by atoms with van der Waals surface area (Å²) in [6, 6.07) is 13.9. The molecule has 1 atom stereocenters. The molecule has 30 heavy (non-hydrogen) atoms. The lowest BCUT2D eigenvalue weighted by atomic mass is 10.2. The number of nitrogens with one attached hydrogen (secondary N) is 1. The van der Waals surface area contributed by atoms with Gasteiger partial charge in [-0.15, -0.1) is 10.2 Å². The monoisotopic (exact) mass is 419 g/mol. The summed E-state index contributed by atoms with van der Waals surface area (Å²) >= 11 is 1.41. The molecule has 8 heteroatoms. The van der Waals surface area contributed by atoms with Crippen molar-refractivity contribution < 1.29 is 9.21 Å². The Morgan fingerprint density at radius 3 is 2.80 bits per heavy atom. The Hall–Kier alpha value is -3.13. The van der Waals surface area contributed by atoms with Gasteiger partial charge in [0.1, 0.15) is 11.3 Å². The van der Waals surface area contributed by atoms with Crippen LogP contribution in [0.5, 0.6) is 0 Å². The minimum atomic E-state index is -0.209. The van der Waals surface area contributed by atoms with Crippen LogP contribution in [0.25, 0.3) is 22.4 Å². The molecular weight excluding hydrogens is 398 g/mol. The highest BCUT2D eigenvalue weighted by Crippen LogP contribution is 2.41. The predicted molar refractivity (Wildman–Crippen MR) is 115 cm³/mol. The van der Waals surface area contributed by atoms with Crippen LogP contribution in [0, 0.1) is 0 Å². The van der Waals surface area contributed by atoms with Crippen LogP contribution in [0.3, 0.4) is 0 Å². The minimum absolute atomic E-state index is 0.0660. The normalized spacial score (nSPS) is 14.7. The summed E-state index contributed by atoms with van der Waals surface area (Å²) in [7, 11) is 0. The van der Waals surface area contributed by atoms with E-state index >= 15 is 0 Å². The first-order valence-corrected chi connectivity index (χ1v) is 10.9. The quantitative estimate of drug-likeness (QED) is 0.447. The van der Waals surface area contributed by atoms with Gasteiger partial charge in [0.2, 0.25) is 5.91 Å². The Labute approximate surface area is 177 Å². The van der Waals surface area contributed by atoms with Crippen molar-refractivity contribution in [1.82, 2.24) is 25.1 Å². The first kappa shape index (κ1) is 18.9.